The fourth-order valence-corrected chi connectivity index (χ4v) is 8.96. The number of esters is 1. The molecule has 1 N–H and O–H groups in total. The van der Waals surface area contributed by atoms with Gasteiger partial charge in [-0.25, -0.2) is 0 Å². The number of hydrogen-bond acceptors (Lipinski definition) is 3. The van der Waals surface area contributed by atoms with Crippen molar-refractivity contribution in [1.82, 2.24) is 0 Å². The molecule has 8 atom stereocenters. The van der Waals surface area contributed by atoms with Gasteiger partial charge >= 0.3 is 5.97 Å². The average Bonchev–Trinajstić information content (AvgIpc) is 3.05. The minimum atomic E-state index is -0.0615. The minimum absolute atomic E-state index is 0.0615. The van der Waals surface area contributed by atoms with Gasteiger partial charge < -0.3 is 9.84 Å². The van der Waals surface area contributed by atoms with Crippen LogP contribution in [0.15, 0.2) is 0 Å². The average molecular weight is 403 g/mol. The number of aliphatic hydroxyl groups is 1. The number of carbonyl (C=O) groups is 1. The first-order valence-corrected chi connectivity index (χ1v) is 12.8. The van der Waals surface area contributed by atoms with E-state index in [1.54, 1.807) is 0 Å². The van der Waals surface area contributed by atoms with Crippen molar-refractivity contribution in [3.8, 4) is 0 Å². The summed E-state index contributed by atoms with van der Waals surface area (Å²) in [4.78, 5) is 12.9. The van der Waals surface area contributed by atoms with E-state index in [2.05, 4.69) is 13.8 Å². The van der Waals surface area contributed by atoms with Crippen LogP contribution >= 0.6 is 0 Å². The molecule has 0 radical (unpaired) electrons. The fraction of sp³-hybridized carbons (Fsp3) is 0.962. The maximum atomic E-state index is 12.9. The van der Waals surface area contributed by atoms with Crippen molar-refractivity contribution in [2.75, 3.05) is 0 Å². The summed E-state index contributed by atoms with van der Waals surface area (Å²) in [7, 11) is 0. The SMILES string of the molecule is CC12CCC(O)CC1CCC1C2CCC2(C)C(OC(=O)C3CCCCC3)CCC12. The summed E-state index contributed by atoms with van der Waals surface area (Å²) < 4.78 is 6.28. The molecular formula is C26H42O3. The Labute approximate surface area is 177 Å². The highest BCUT2D eigenvalue weighted by molar-refractivity contribution is 5.72. The Bertz CT molecular complexity index is 625. The molecular weight excluding hydrogens is 360 g/mol. The molecule has 5 aliphatic carbocycles. The molecule has 0 heterocycles. The van der Waals surface area contributed by atoms with E-state index in [-0.39, 0.29) is 29.5 Å². The van der Waals surface area contributed by atoms with Crippen LogP contribution in [0.3, 0.4) is 0 Å². The van der Waals surface area contributed by atoms with E-state index in [4.69, 9.17) is 4.74 Å². The summed E-state index contributed by atoms with van der Waals surface area (Å²) in [6.45, 7) is 5.01. The van der Waals surface area contributed by atoms with Gasteiger partial charge in [0, 0.05) is 5.41 Å². The molecule has 0 aromatic rings. The molecule has 0 spiro atoms. The first-order valence-electron chi connectivity index (χ1n) is 12.8. The standard InChI is InChI=1S/C26H42O3/c1-25-14-12-19(27)16-18(25)8-9-20-21-10-11-23(26(21,2)15-13-22(20)25)29-24(28)17-6-4-3-5-7-17/h17-23,27H,3-16H2,1-2H3. The van der Waals surface area contributed by atoms with E-state index in [9.17, 15) is 9.90 Å². The normalized spacial score (nSPS) is 50.3. The summed E-state index contributed by atoms with van der Waals surface area (Å²) in [5.41, 5.74) is 0.628. The van der Waals surface area contributed by atoms with Gasteiger partial charge in [0.2, 0.25) is 0 Å². The molecule has 3 heteroatoms. The van der Waals surface area contributed by atoms with Crippen LogP contribution in [0.4, 0.5) is 0 Å². The molecule has 0 bridgehead atoms. The van der Waals surface area contributed by atoms with Crippen LogP contribution in [-0.4, -0.2) is 23.3 Å². The predicted molar refractivity (Wildman–Crippen MR) is 114 cm³/mol. The Morgan fingerprint density at radius 2 is 1.55 bits per heavy atom. The van der Waals surface area contributed by atoms with Gasteiger partial charge in [-0.05, 0) is 99.7 Å². The van der Waals surface area contributed by atoms with Crippen molar-refractivity contribution < 1.29 is 14.6 Å². The van der Waals surface area contributed by atoms with Gasteiger partial charge in [0.15, 0.2) is 0 Å². The number of rotatable bonds is 2. The third-order valence-corrected chi connectivity index (χ3v) is 10.7. The first-order chi connectivity index (χ1) is 13.9. The van der Waals surface area contributed by atoms with Crippen molar-refractivity contribution in [2.45, 2.75) is 116 Å². The zero-order valence-electron chi connectivity index (χ0n) is 18.7. The molecule has 3 nitrogen and oxygen atoms in total. The van der Waals surface area contributed by atoms with Crippen molar-refractivity contribution >= 4 is 5.97 Å². The zero-order chi connectivity index (χ0) is 20.2. The molecule has 0 aromatic heterocycles. The molecule has 5 fully saturated rings. The smallest absolute Gasteiger partial charge is 0.309 e. The summed E-state index contributed by atoms with van der Waals surface area (Å²) in [6.07, 6.45) is 16.6. The van der Waals surface area contributed by atoms with Crippen LogP contribution in [-0.2, 0) is 9.53 Å². The lowest BCUT2D eigenvalue weighted by atomic mass is 9.45. The van der Waals surface area contributed by atoms with Gasteiger partial charge in [-0.3, -0.25) is 4.79 Å². The highest BCUT2D eigenvalue weighted by Gasteiger charge is 2.61. The van der Waals surface area contributed by atoms with Crippen molar-refractivity contribution in [2.24, 2.45) is 40.4 Å². The molecule has 5 rings (SSSR count). The quantitative estimate of drug-likeness (QED) is 0.587. The topological polar surface area (TPSA) is 46.5 Å². The number of ether oxygens (including phenoxy) is 1. The third kappa shape index (κ3) is 3.29. The lowest BCUT2D eigenvalue weighted by Gasteiger charge is -2.60. The number of fused-ring (bicyclic) bond motifs is 5. The summed E-state index contributed by atoms with van der Waals surface area (Å²) in [5, 5.41) is 10.2. The fourth-order valence-electron chi connectivity index (χ4n) is 8.96. The summed E-state index contributed by atoms with van der Waals surface area (Å²) in [6, 6.07) is 0. The summed E-state index contributed by atoms with van der Waals surface area (Å²) >= 11 is 0. The predicted octanol–water partition coefficient (Wildman–Crippen LogP) is 5.88. The van der Waals surface area contributed by atoms with Gasteiger partial charge in [0.1, 0.15) is 6.10 Å². The lowest BCUT2D eigenvalue weighted by molar-refractivity contribution is -0.170. The van der Waals surface area contributed by atoms with Crippen LogP contribution < -0.4 is 0 Å². The third-order valence-electron chi connectivity index (χ3n) is 10.7. The van der Waals surface area contributed by atoms with Crippen LogP contribution in [0.1, 0.15) is 104 Å². The second kappa shape index (κ2) is 7.53. The van der Waals surface area contributed by atoms with E-state index in [0.29, 0.717) is 5.41 Å². The van der Waals surface area contributed by atoms with Crippen LogP contribution in [0.2, 0.25) is 0 Å². The van der Waals surface area contributed by atoms with E-state index >= 15 is 0 Å². The van der Waals surface area contributed by atoms with Gasteiger partial charge in [-0.2, -0.15) is 0 Å². The molecule has 0 amide bonds. The van der Waals surface area contributed by atoms with Gasteiger partial charge in [0.25, 0.3) is 0 Å². The van der Waals surface area contributed by atoms with E-state index < -0.39 is 0 Å². The maximum Gasteiger partial charge on any atom is 0.309 e. The van der Waals surface area contributed by atoms with E-state index in [1.165, 1.54) is 57.8 Å². The monoisotopic (exact) mass is 402 g/mol. The highest BCUT2D eigenvalue weighted by atomic mass is 16.5. The number of aliphatic hydroxyl groups excluding tert-OH is 1. The van der Waals surface area contributed by atoms with Crippen molar-refractivity contribution in [1.29, 1.82) is 0 Å². The van der Waals surface area contributed by atoms with Crippen LogP contribution in [0.25, 0.3) is 0 Å². The minimum Gasteiger partial charge on any atom is -0.462 e. The molecule has 0 saturated heterocycles. The Morgan fingerprint density at radius 3 is 2.34 bits per heavy atom. The maximum absolute atomic E-state index is 12.9. The van der Waals surface area contributed by atoms with E-state index in [1.807, 2.05) is 0 Å². The van der Waals surface area contributed by atoms with Gasteiger partial charge in [-0.15, -0.1) is 0 Å². The summed E-state index contributed by atoms with van der Waals surface area (Å²) in [5.74, 6) is 3.37. The van der Waals surface area contributed by atoms with E-state index in [0.717, 1.165) is 55.8 Å². The largest absolute Gasteiger partial charge is 0.462 e. The first kappa shape index (κ1) is 20.3. The van der Waals surface area contributed by atoms with Gasteiger partial charge in [-0.1, -0.05) is 33.1 Å². The second-order valence-corrected chi connectivity index (χ2v) is 12.0. The van der Waals surface area contributed by atoms with Crippen LogP contribution in [0, 0.1) is 40.4 Å². The molecule has 5 saturated carbocycles. The Morgan fingerprint density at radius 1 is 0.828 bits per heavy atom. The van der Waals surface area contributed by atoms with Crippen molar-refractivity contribution in [3.63, 3.8) is 0 Å². The van der Waals surface area contributed by atoms with Crippen molar-refractivity contribution in [3.05, 3.63) is 0 Å². The highest BCUT2D eigenvalue weighted by Crippen LogP contribution is 2.66. The molecule has 8 unspecified atom stereocenters. The lowest BCUT2D eigenvalue weighted by Crippen LogP contribution is -2.54. The molecule has 5 aliphatic rings. The Kier molecular flexibility index (Phi) is 5.28. The number of hydrogen-bond donors (Lipinski definition) is 1. The zero-order valence-corrected chi connectivity index (χ0v) is 18.7. The molecule has 164 valence electrons. The van der Waals surface area contributed by atoms with Gasteiger partial charge in [0.05, 0.1) is 12.0 Å². The Balaban J connectivity index is 1.30. The molecule has 0 aliphatic heterocycles. The van der Waals surface area contributed by atoms with Crippen LogP contribution in [0.5, 0.6) is 0 Å². The second-order valence-electron chi connectivity index (χ2n) is 12.0. The Hall–Kier alpha value is -0.570. The number of carbonyl (C=O) groups excluding carboxylic acids is 1. The molecule has 0 aromatic carbocycles. The molecule has 29 heavy (non-hydrogen) atoms.